The Morgan fingerprint density at radius 1 is 1.19 bits per heavy atom. The molecule has 6 heteroatoms. The molecule has 26 heavy (non-hydrogen) atoms. The van der Waals surface area contributed by atoms with Crippen LogP contribution in [0.4, 0.5) is 11.4 Å². The lowest BCUT2D eigenvalue weighted by molar-refractivity contribution is -0.125. The van der Waals surface area contributed by atoms with Crippen LogP contribution in [0.25, 0.3) is 0 Å². The Bertz CT molecular complexity index is 696. The molecule has 2 heterocycles. The monoisotopic (exact) mass is 357 g/mol. The molecule has 1 unspecified atom stereocenters. The standard InChI is InChI=1S/C20H27N3O3/c1-14-20(25)23(12-11-22-9-3-2-4-10-22)17-13-16(7-8-18(17)26-14)21-19(24)15-5-6-15/h7-8,13-15H,2-6,9-12H2,1H3,(H,21,24). The molecule has 1 atom stereocenters. The minimum absolute atomic E-state index is 0.0137. The number of piperidine rings is 1. The first-order chi connectivity index (χ1) is 12.6. The van der Waals surface area contributed by atoms with Gasteiger partial charge in [-0.2, -0.15) is 0 Å². The van der Waals surface area contributed by atoms with Crippen LogP contribution in [0.2, 0.25) is 0 Å². The van der Waals surface area contributed by atoms with Crippen LogP contribution < -0.4 is 15.0 Å². The third-order valence-corrected chi connectivity index (χ3v) is 5.47. The number of likely N-dealkylation sites (tertiary alicyclic amines) is 1. The highest BCUT2D eigenvalue weighted by Crippen LogP contribution is 2.37. The van der Waals surface area contributed by atoms with Crippen molar-refractivity contribution >= 4 is 23.2 Å². The zero-order valence-electron chi connectivity index (χ0n) is 15.4. The summed E-state index contributed by atoms with van der Waals surface area (Å²) in [5.41, 5.74) is 1.49. The quantitative estimate of drug-likeness (QED) is 0.880. The Labute approximate surface area is 154 Å². The maximum absolute atomic E-state index is 12.7. The Morgan fingerprint density at radius 2 is 1.96 bits per heavy atom. The lowest BCUT2D eigenvalue weighted by Gasteiger charge is -2.35. The summed E-state index contributed by atoms with van der Waals surface area (Å²) in [7, 11) is 0. The zero-order chi connectivity index (χ0) is 18.1. The van der Waals surface area contributed by atoms with Crippen molar-refractivity contribution in [3.8, 4) is 5.75 Å². The van der Waals surface area contributed by atoms with E-state index >= 15 is 0 Å². The maximum atomic E-state index is 12.7. The predicted octanol–water partition coefficient (Wildman–Crippen LogP) is 2.63. The highest BCUT2D eigenvalue weighted by atomic mass is 16.5. The van der Waals surface area contributed by atoms with Crippen LogP contribution in [-0.2, 0) is 9.59 Å². The highest BCUT2D eigenvalue weighted by Gasteiger charge is 2.33. The SMILES string of the molecule is CC1Oc2ccc(NC(=O)C3CC3)cc2N(CCN2CCCCC2)C1=O. The first-order valence-corrected chi connectivity index (χ1v) is 9.77. The number of carbonyl (C=O) groups excluding carboxylic acids is 2. The molecule has 1 aromatic carbocycles. The topological polar surface area (TPSA) is 61.9 Å². The van der Waals surface area contributed by atoms with E-state index < -0.39 is 6.10 Å². The van der Waals surface area contributed by atoms with E-state index in [0.29, 0.717) is 12.3 Å². The Hall–Kier alpha value is -2.08. The predicted molar refractivity (Wildman–Crippen MR) is 101 cm³/mol. The first kappa shape index (κ1) is 17.3. The summed E-state index contributed by atoms with van der Waals surface area (Å²) in [5.74, 6) is 0.917. The number of nitrogens with one attached hydrogen (secondary N) is 1. The van der Waals surface area contributed by atoms with Gasteiger partial charge in [-0.1, -0.05) is 6.42 Å². The molecule has 2 aliphatic heterocycles. The molecule has 0 bridgehead atoms. The molecule has 3 aliphatic rings. The van der Waals surface area contributed by atoms with Gasteiger partial charge >= 0.3 is 0 Å². The van der Waals surface area contributed by atoms with Gasteiger partial charge in [-0.3, -0.25) is 9.59 Å². The van der Waals surface area contributed by atoms with Crippen LogP contribution in [0.1, 0.15) is 39.0 Å². The molecule has 1 aromatic rings. The van der Waals surface area contributed by atoms with Gasteiger partial charge in [0.1, 0.15) is 5.75 Å². The Balaban J connectivity index is 1.51. The number of hydrogen-bond acceptors (Lipinski definition) is 4. The molecule has 2 fully saturated rings. The smallest absolute Gasteiger partial charge is 0.267 e. The van der Waals surface area contributed by atoms with Crippen LogP contribution in [0.5, 0.6) is 5.75 Å². The molecule has 0 radical (unpaired) electrons. The number of amides is 2. The summed E-state index contributed by atoms with van der Waals surface area (Å²) in [6.45, 7) is 5.54. The van der Waals surface area contributed by atoms with Crippen molar-refractivity contribution in [3.05, 3.63) is 18.2 Å². The second kappa shape index (κ2) is 7.27. The van der Waals surface area contributed by atoms with Gasteiger partial charge in [-0.25, -0.2) is 0 Å². The van der Waals surface area contributed by atoms with E-state index in [1.807, 2.05) is 23.1 Å². The molecule has 140 valence electrons. The first-order valence-electron chi connectivity index (χ1n) is 9.77. The number of nitrogens with zero attached hydrogens (tertiary/aromatic N) is 2. The summed E-state index contributed by atoms with van der Waals surface area (Å²) in [6, 6.07) is 5.58. The van der Waals surface area contributed by atoms with Gasteiger partial charge in [0.15, 0.2) is 6.10 Å². The fraction of sp³-hybridized carbons (Fsp3) is 0.600. The van der Waals surface area contributed by atoms with E-state index in [1.165, 1.54) is 19.3 Å². The summed E-state index contributed by atoms with van der Waals surface area (Å²) in [4.78, 5) is 29.0. The van der Waals surface area contributed by atoms with E-state index in [9.17, 15) is 9.59 Å². The van der Waals surface area contributed by atoms with E-state index in [4.69, 9.17) is 4.74 Å². The average molecular weight is 357 g/mol. The maximum Gasteiger partial charge on any atom is 0.267 e. The van der Waals surface area contributed by atoms with Gasteiger partial charge in [-0.05, 0) is 63.9 Å². The third-order valence-electron chi connectivity index (χ3n) is 5.47. The largest absolute Gasteiger partial charge is 0.479 e. The minimum atomic E-state index is -0.476. The molecule has 2 amide bonds. The van der Waals surface area contributed by atoms with Crippen LogP contribution in [0.3, 0.4) is 0 Å². The Kier molecular flexibility index (Phi) is 4.85. The van der Waals surface area contributed by atoms with Crippen molar-refractivity contribution < 1.29 is 14.3 Å². The van der Waals surface area contributed by atoms with Crippen LogP contribution in [0, 0.1) is 5.92 Å². The fourth-order valence-electron chi connectivity index (χ4n) is 3.73. The van der Waals surface area contributed by atoms with Crippen molar-refractivity contribution in [2.75, 3.05) is 36.4 Å². The molecule has 1 saturated carbocycles. The molecule has 6 nitrogen and oxygen atoms in total. The lowest BCUT2D eigenvalue weighted by atomic mass is 10.1. The number of hydrogen-bond donors (Lipinski definition) is 1. The van der Waals surface area contributed by atoms with Gasteiger partial charge in [0, 0.05) is 24.7 Å². The van der Waals surface area contributed by atoms with E-state index in [1.54, 1.807) is 6.92 Å². The fourth-order valence-corrected chi connectivity index (χ4v) is 3.73. The van der Waals surface area contributed by atoms with Crippen molar-refractivity contribution in [2.45, 2.75) is 45.1 Å². The van der Waals surface area contributed by atoms with E-state index in [2.05, 4.69) is 10.2 Å². The minimum Gasteiger partial charge on any atom is -0.479 e. The van der Waals surface area contributed by atoms with E-state index in [0.717, 1.165) is 43.9 Å². The molecule has 0 aromatic heterocycles. The summed E-state index contributed by atoms with van der Waals surface area (Å²) in [5, 5.41) is 2.96. The number of rotatable bonds is 5. The van der Waals surface area contributed by atoms with Gasteiger partial charge in [0.05, 0.1) is 5.69 Å². The molecule has 1 saturated heterocycles. The molecule has 4 rings (SSSR count). The van der Waals surface area contributed by atoms with Crippen LogP contribution >= 0.6 is 0 Å². The zero-order valence-corrected chi connectivity index (χ0v) is 15.4. The van der Waals surface area contributed by atoms with E-state index in [-0.39, 0.29) is 17.7 Å². The number of carbonyl (C=O) groups is 2. The number of anilines is 2. The number of benzene rings is 1. The lowest BCUT2D eigenvalue weighted by Crippen LogP contribution is -2.48. The van der Waals surface area contributed by atoms with Crippen molar-refractivity contribution in [1.82, 2.24) is 4.90 Å². The average Bonchev–Trinajstić information content (AvgIpc) is 3.49. The van der Waals surface area contributed by atoms with Gasteiger partial charge in [0.25, 0.3) is 5.91 Å². The molecular formula is C20H27N3O3. The Morgan fingerprint density at radius 3 is 2.69 bits per heavy atom. The van der Waals surface area contributed by atoms with Gasteiger partial charge in [0.2, 0.25) is 5.91 Å². The molecule has 1 N–H and O–H groups in total. The van der Waals surface area contributed by atoms with Crippen LogP contribution in [0.15, 0.2) is 18.2 Å². The highest BCUT2D eigenvalue weighted by molar-refractivity contribution is 6.01. The van der Waals surface area contributed by atoms with Gasteiger partial charge < -0.3 is 19.9 Å². The summed E-state index contributed by atoms with van der Waals surface area (Å²) >= 11 is 0. The third kappa shape index (κ3) is 3.70. The van der Waals surface area contributed by atoms with Crippen molar-refractivity contribution in [1.29, 1.82) is 0 Å². The molecule has 1 aliphatic carbocycles. The van der Waals surface area contributed by atoms with Crippen molar-refractivity contribution in [3.63, 3.8) is 0 Å². The molecule has 0 spiro atoms. The van der Waals surface area contributed by atoms with Gasteiger partial charge in [-0.15, -0.1) is 0 Å². The number of fused-ring (bicyclic) bond motifs is 1. The molecular weight excluding hydrogens is 330 g/mol. The van der Waals surface area contributed by atoms with Crippen molar-refractivity contribution in [2.24, 2.45) is 5.92 Å². The summed E-state index contributed by atoms with van der Waals surface area (Å²) < 4.78 is 5.77. The number of ether oxygens (including phenoxy) is 1. The second-order valence-corrected chi connectivity index (χ2v) is 7.60. The van der Waals surface area contributed by atoms with Crippen LogP contribution in [-0.4, -0.2) is 49.0 Å². The summed E-state index contributed by atoms with van der Waals surface area (Å²) in [6.07, 6.45) is 5.24. The normalized spacial score (nSPS) is 23.3. The second-order valence-electron chi connectivity index (χ2n) is 7.60.